The molecule has 22 heavy (non-hydrogen) atoms. The average Bonchev–Trinajstić information content (AvgIpc) is 2.79. The maximum Gasteiger partial charge on any atom is 0.330 e. The minimum atomic E-state index is -1.06. The molecule has 2 aromatic rings. The van der Waals surface area contributed by atoms with Gasteiger partial charge in [-0.05, 0) is 47.5 Å². The molecule has 1 aromatic carbocycles. The molecule has 2 rings (SSSR count). The molecule has 0 spiro atoms. The van der Waals surface area contributed by atoms with Crippen molar-refractivity contribution in [2.75, 3.05) is 0 Å². The highest BCUT2D eigenvalue weighted by Crippen LogP contribution is 2.23. The van der Waals surface area contributed by atoms with Crippen LogP contribution in [0.25, 0.3) is 0 Å². The van der Waals surface area contributed by atoms with E-state index in [9.17, 15) is 14.7 Å². The highest BCUT2D eigenvalue weighted by atomic mass is 79.9. The van der Waals surface area contributed by atoms with Crippen LogP contribution in [0.5, 0.6) is 0 Å². The Labute approximate surface area is 141 Å². The quantitative estimate of drug-likeness (QED) is 0.830. The van der Waals surface area contributed by atoms with Gasteiger partial charge >= 0.3 is 5.97 Å². The molecule has 0 aliphatic rings. The first-order valence-electron chi connectivity index (χ1n) is 6.69. The molecule has 1 amide bonds. The summed E-state index contributed by atoms with van der Waals surface area (Å²) >= 11 is 4.80. The maximum atomic E-state index is 12.1. The van der Waals surface area contributed by atoms with Gasteiger partial charge in [0.1, 0.15) is 0 Å². The van der Waals surface area contributed by atoms with Gasteiger partial charge in [-0.1, -0.05) is 29.3 Å². The Morgan fingerprint density at radius 1 is 1.23 bits per heavy atom. The van der Waals surface area contributed by atoms with E-state index in [0.717, 1.165) is 19.8 Å². The van der Waals surface area contributed by atoms with E-state index in [1.807, 2.05) is 32.0 Å². The van der Waals surface area contributed by atoms with Crippen LogP contribution in [0.3, 0.4) is 0 Å². The molecule has 0 fully saturated rings. The van der Waals surface area contributed by atoms with Gasteiger partial charge in [-0.25, -0.2) is 4.79 Å². The van der Waals surface area contributed by atoms with E-state index in [-0.39, 0.29) is 12.3 Å². The number of carboxylic acids is 1. The number of hydrogen-bond donors (Lipinski definition) is 2. The van der Waals surface area contributed by atoms with Crippen molar-refractivity contribution in [3.63, 3.8) is 0 Å². The number of carboxylic acid groups (broad SMARTS) is 1. The number of hydrogen-bond acceptors (Lipinski definition) is 3. The van der Waals surface area contributed by atoms with Gasteiger partial charge in [-0.15, -0.1) is 11.3 Å². The number of carbonyl (C=O) groups excluding carboxylic acids is 1. The number of rotatable bonds is 5. The molecule has 1 heterocycles. The second kappa shape index (κ2) is 7.07. The predicted molar refractivity (Wildman–Crippen MR) is 90.2 cm³/mol. The monoisotopic (exact) mass is 381 g/mol. The Morgan fingerprint density at radius 3 is 2.36 bits per heavy atom. The molecular weight excluding hydrogens is 366 g/mol. The zero-order valence-corrected chi connectivity index (χ0v) is 14.6. The van der Waals surface area contributed by atoms with Gasteiger partial charge < -0.3 is 10.4 Å². The van der Waals surface area contributed by atoms with Crippen LogP contribution < -0.4 is 5.32 Å². The number of carbonyl (C=O) groups is 2. The minimum Gasteiger partial charge on any atom is -0.479 e. The fourth-order valence-electron chi connectivity index (χ4n) is 2.28. The molecule has 2 N–H and O–H groups in total. The molecule has 116 valence electrons. The first kappa shape index (κ1) is 16.7. The van der Waals surface area contributed by atoms with Gasteiger partial charge in [0, 0.05) is 4.88 Å². The first-order valence-corrected chi connectivity index (χ1v) is 8.30. The highest BCUT2D eigenvalue weighted by molar-refractivity contribution is 9.11. The van der Waals surface area contributed by atoms with Crippen LogP contribution in [0.1, 0.15) is 27.6 Å². The lowest BCUT2D eigenvalue weighted by atomic mass is 10.0. The molecule has 0 saturated carbocycles. The van der Waals surface area contributed by atoms with Gasteiger partial charge in [0.15, 0.2) is 6.04 Å². The summed E-state index contributed by atoms with van der Waals surface area (Å²) in [5, 5.41) is 12.0. The number of aliphatic carboxylic acids is 1. The summed E-state index contributed by atoms with van der Waals surface area (Å²) in [6.45, 7) is 3.81. The molecule has 6 heteroatoms. The SMILES string of the molecule is Cc1cc(C)cc(C(NC(=O)Cc2ccc(Br)s2)C(=O)O)c1. The normalized spacial score (nSPS) is 12.0. The lowest BCUT2D eigenvalue weighted by Crippen LogP contribution is -2.34. The number of nitrogens with one attached hydrogen (secondary N) is 1. The van der Waals surface area contributed by atoms with Crippen molar-refractivity contribution in [2.24, 2.45) is 0 Å². The molecule has 1 atom stereocenters. The molecule has 0 aliphatic carbocycles. The standard InChI is InChI=1S/C16H16BrNO3S/c1-9-5-10(2)7-11(6-9)15(16(20)21)18-14(19)8-12-3-4-13(17)22-12/h3-7,15H,8H2,1-2H3,(H,18,19)(H,20,21). The van der Waals surface area contributed by atoms with E-state index in [1.54, 1.807) is 12.1 Å². The Hall–Kier alpha value is -1.66. The summed E-state index contributed by atoms with van der Waals surface area (Å²) in [4.78, 5) is 24.5. The Bertz CT molecular complexity index is 691. The molecule has 0 radical (unpaired) electrons. The summed E-state index contributed by atoms with van der Waals surface area (Å²) in [5.41, 5.74) is 2.53. The van der Waals surface area contributed by atoms with Gasteiger partial charge in [0.25, 0.3) is 0 Å². The van der Waals surface area contributed by atoms with Crippen molar-refractivity contribution in [3.05, 3.63) is 55.7 Å². The smallest absolute Gasteiger partial charge is 0.330 e. The first-order chi connectivity index (χ1) is 10.3. The third-order valence-electron chi connectivity index (χ3n) is 3.09. The molecule has 4 nitrogen and oxygen atoms in total. The largest absolute Gasteiger partial charge is 0.479 e. The zero-order chi connectivity index (χ0) is 16.3. The van der Waals surface area contributed by atoms with Crippen molar-refractivity contribution >= 4 is 39.1 Å². The second-order valence-electron chi connectivity index (χ2n) is 5.14. The fraction of sp³-hybridized carbons (Fsp3) is 0.250. The fourth-order valence-corrected chi connectivity index (χ4v) is 3.76. The van der Waals surface area contributed by atoms with Crippen LogP contribution in [0.4, 0.5) is 0 Å². The summed E-state index contributed by atoms with van der Waals surface area (Å²) in [5.74, 6) is -1.37. The second-order valence-corrected chi connectivity index (χ2v) is 7.69. The average molecular weight is 382 g/mol. The van der Waals surface area contributed by atoms with Gasteiger partial charge in [-0.3, -0.25) is 4.79 Å². The Morgan fingerprint density at radius 2 is 1.86 bits per heavy atom. The van der Waals surface area contributed by atoms with Crippen molar-refractivity contribution < 1.29 is 14.7 Å². The number of halogens is 1. The van der Waals surface area contributed by atoms with E-state index in [0.29, 0.717) is 5.56 Å². The number of thiophene rings is 1. The summed E-state index contributed by atoms with van der Waals surface area (Å²) < 4.78 is 0.944. The van der Waals surface area contributed by atoms with Crippen LogP contribution in [0.15, 0.2) is 34.1 Å². The highest BCUT2D eigenvalue weighted by Gasteiger charge is 2.22. The van der Waals surface area contributed by atoms with E-state index in [1.165, 1.54) is 11.3 Å². The van der Waals surface area contributed by atoms with Crippen molar-refractivity contribution in [1.29, 1.82) is 0 Å². The molecule has 0 saturated heterocycles. The van der Waals surface area contributed by atoms with Crippen LogP contribution in [0, 0.1) is 13.8 Å². The van der Waals surface area contributed by atoms with E-state index >= 15 is 0 Å². The third kappa shape index (κ3) is 4.42. The molecule has 1 aromatic heterocycles. The van der Waals surface area contributed by atoms with E-state index < -0.39 is 12.0 Å². The Kier molecular flexibility index (Phi) is 5.37. The van der Waals surface area contributed by atoms with Crippen LogP contribution >= 0.6 is 27.3 Å². The Balaban J connectivity index is 2.14. The summed E-state index contributed by atoms with van der Waals surface area (Å²) in [6, 6.07) is 8.22. The zero-order valence-electron chi connectivity index (χ0n) is 12.2. The van der Waals surface area contributed by atoms with Crippen LogP contribution in [-0.2, 0) is 16.0 Å². The van der Waals surface area contributed by atoms with Gasteiger partial charge in [0.2, 0.25) is 5.91 Å². The summed E-state index contributed by atoms with van der Waals surface area (Å²) in [7, 11) is 0. The van der Waals surface area contributed by atoms with Crippen molar-refractivity contribution in [1.82, 2.24) is 5.32 Å². The third-order valence-corrected chi connectivity index (χ3v) is 4.72. The summed E-state index contributed by atoms with van der Waals surface area (Å²) in [6.07, 6.45) is 0.171. The lowest BCUT2D eigenvalue weighted by Gasteiger charge is -2.16. The number of aryl methyl sites for hydroxylation is 2. The topological polar surface area (TPSA) is 66.4 Å². The van der Waals surface area contributed by atoms with E-state index in [2.05, 4.69) is 21.2 Å². The van der Waals surface area contributed by atoms with Crippen molar-refractivity contribution in [3.8, 4) is 0 Å². The van der Waals surface area contributed by atoms with E-state index in [4.69, 9.17) is 0 Å². The van der Waals surface area contributed by atoms with Crippen molar-refractivity contribution in [2.45, 2.75) is 26.3 Å². The minimum absolute atomic E-state index is 0.171. The molecular formula is C16H16BrNO3S. The van der Waals surface area contributed by atoms with Gasteiger partial charge in [-0.2, -0.15) is 0 Å². The predicted octanol–water partition coefficient (Wildman–Crippen LogP) is 3.61. The molecule has 0 aliphatic heterocycles. The van der Waals surface area contributed by atoms with Gasteiger partial charge in [0.05, 0.1) is 10.2 Å². The maximum absolute atomic E-state index is 12.1. The number of benzene rings is 1. The lowest BCUT2D eigenvalue weighted by molar-refractivity contribution is -0.141. The molecule has 0 bridgehead atoms. The van der Waals surface area contributed by atoms with Crippen LogP contribution in [0.2, 0.25) is 0 Å². The number of amides is 1. The van der Waals surface area contributed by atoms with Crippen LogP contribution in [-0.4, -0.2) is 17.0 Å². The molecule has 1 unspecified atom stereocenters.